The van der Waals surface area contributed by atoms with Gasteiger partial charge in [-0.05, 0) is 118 Å². The van der Waals surface area contributed by atoms with Crippen LogP contribution in [0.1, 0.15) is 177 Å². The van der Waals surface area contributed by atoms with Gasteiger partial charge in [0.05, 0.1) is 38.9 Å². The number of carbonyl (C=O) groups is 10. The molecular weight excluding hydrogens is 1620 g/mol. The molecule has 0 aliphatic carbocycles. The van der Waals surface area contributed by atoms with E-state index in [1.54, 1.807) is 64.8 Å². The Morgan fingerprint density at radius 2 is 1.06 bits per heavy atom. The number of hydrogen-bond acceptors (Lipinski definition) is 30. The molecule has 0 radical (unpaired) electrons. The number of cyclic esters (lactones) is 3. The van der Waals surface area contributed by atoms with Crippen molar-refractivity contribution in [2.45, 2.75) is 223 Å². The van der Waals surface area contributed by atoms with Crippen molar-refractivity contribution < 1.29 is 62.2 Å². The van der Waals surface area contributed by atoms with Gasteiger partial charge in [-0.1, -0.05) is 107 Å². The Labute approximate surface area is 696 Å². The molecule has 6 amide bonds. The van der Waals surface area contributed by atoms with Crippen LogP contribution in [0, 0.1) is 11.8 Å². The van der Waals surface area contributed by atoms with Crippen LogP contribution in [0.5, 0.6) is 0 Å². The lowest BCUT2D eigenvalue weighted by Crippen LogP contribution is -2.53. The van der Waals surface area contributed by atoms with E-state index in [9.17, 15) is 47.9 Å². The second-order valence-corrected chi connectivity index (χ2v) is 38.3. The quantitative estimate of drug-likeness (QED) is 0.0113. The van der Waals surface area contributed by atoms with Gasteiger partial charge in [0.25, 0.3) is 5.91 Å². The summed E-state index contributed by atoms with van der Waals surface area (Å²) in [5.41, 5.74) is -0.903. The summed E-state index contributed by atoms with van der Waals surface area (Å²) in [6, 6.07) is 3.35. The fourth-order valence-corrected chi connectivity index (χ4v) is 20.4. The first-order valence-corrected chi connectivity index (χ1v) is 47.1. The number of esters is 3. The average molecular weight is 1720 g/mol. The minimum Gasteiger partial charge on any atom is -0.456 e. The predicted octanol–water partition coefficient (Wildman–Crippen LogP) is 11.5. The number of thioether (sulfide) groups is 4. The van der Waals surface area contributed by atoms with Gasteiger partial charge in [0.15, 0.2) is 5.12 Å². The summed E-state index contributed by atoms with van der Waals surface area (Å²) >= 11 is 14.2. The highest BCUT2D eigenvalue weighted by Gasteiger charge is 2.48. The van der Waals surface area contributed by atoms with Crippen molar-refractivity contribution in [2.75, 3.05) is 41.1 Å². The number of fused-ring (bicyclic) bond motifs is 13. The fourth-order valence-electron chi connectivity index (χ4n) is 11.9. The van der Waals surface area contributed by atoms with Crippen LogP contribution in [-0.4, -0.2) is 193 Å². The second kappa shape index (κ2) is 44.1. The lowest BCUT2D eigenvalue weighted by atomic mass is 10.0. The summed E-state index contributed by atoms with van der Waals surface area (Å²) in [5, 5.41) is 25.4. The van der Waals surface area contributed by atoms with Crippen LogP contribution in [0.15, 0.2) is 97.0 Å². The molecule has 4 aromatic rings. The molecule has 11 heterocycles. The molecule has 606 valence electrons. The van der Waals surface area contributed by atoms with Gasteiger partial charge in [-0.15, -0.1) is 69.3 Å². The molecule has 1 saturated heterocycles. The van der Waals surface area contributed by atoms with E-state index in [0.29, 0.717) is 99.6 Å². The number of thiol groups is 1. The number of aliphatic imine (C=N–C) groups is 3. The Bertz CT molecular complexity index is 4150. The summed E-state index contributed by atoms with van der Waals surface area (Å²) in [4.78, 5) is 163. The van der Waals surface area contributed by atoms with Crippen molar-refractivity contribution >= 4 is 189 Å². The van der Waals surface area contributed by atoms with Crippen molar-refractivity contribution in [3.05, 3.63) is 109 Å². The number of nitrogens with one attached hydrogen (secondary N) is 5. The number of thiazole rings is 3. The summed E-state index contributed by atoms with van der Waals surface area (Å²) in [5.74, 6) is -0.240. The van der Waals surface area contributed by atoms with Crippen molar-refractivity contribution in [3.8, 4) is 0 Å². The van der Waals surface area contributed by atoms with E-state index in [-0.39, 0.29) is 91.3 Å². The average Bonchev–Trinajstić information content (AvgIpc) is 1.65. The molecule has 7 aliphatic heterocycles. The number of pyridine rings is 1. The second-order valence-electron chi connectivity index (χ2n) is 28.6. The number of nitrogens with zero attached hydrogens (tertiary/aromatic N) is 8. The number of carbonyl (C=O) groups excluding carboxylic acids is 10. The third-order valence-corrected chi connectivity index (χ3v) is 28.2. The standard InChI is InChI=1S/C29H40N4O5S3.C26H31N5O4S4.C21H28N4O4S3/c1-3-4-5-6-7-13-25(35)39-15-9-8-11-20-16-23(34)30-17-24-31-21(18-40-24)26-32-29(2,19-41-26)28(37)33-14-10-12-22(33)27(36)38-20;1-16(2)22-24(33)35-17(8-5-7-11-38-39-20-9-4-6-10-27-20)12-19(32)28-13-21-29-18(14-36-21)23-31-26(3,15-37-23)25(34)30-22;1-12(2)17-19(27)29-13(6-4-5-7-30)8-15(26)22-9-16-23-14(10-31-16)18-25-21(3,11-32-18)20(28)24-17/h8,11,18,20,22H,3-7,9-10,12-17,19H2,1-2H3,(H,30,34);4-6,8-10,14,16-17,22H,7,11-13,15H2,1-3H3,(H,28,32)(H,30,34);4,6,10,12-13,17,30H,5,7-9,11H2,1-3H3,(H,22,26)(H,24,28)/b11-8+;8-5+;6-4+/t20-,22+,29+;17-,22+,26+;13-,17+,21+/m111/s1. The highest BCUT2D eigenvalue weighted by Crippen LogP contribution is 2.38. The van der Waals surface area contributed by atoms with E-state index in [0.717, 1.165) is 45.1 Å². The number of amides is 6. The van der Waals surface area contributed by atoms with Gasteiger partial charge < -0.3 is 45.7 Å². The summed E-state index contributed by atoms with van der Waals surface area (Å²) < 4.78 is 17.3. The largest absolute Gasteiger partial charge is 0.456 e. The molecule has 4 aromatic heterocycles. The monoisotopic (exact) mass is 1720 g/mol. The lowest BCUT2D eigenvalue weighted by molar-refractivity contribution is -0.158. The molecule has 11 rings (SSSR count). The zero-order valence-electron chi connectivity index (χ0n) is 64.1. The van der Waals surface area contributed by atoms with Crippen LogP contribution >= 0.6 is 115 Å². The smallest absolute Gasteiger partial charge is 0.329 e. The van der Waals surface area contributed by atoms with Crippen molar-refractivity contribution in [1.82, 2.24) is 51.4 Å². The SMILES string of the molecule is CC(C)[C@@H]1NC(=O)[C@]2(C)CSC(=N2)c2csc(n2)CNC(=O)C[C@@H](/C=C/CCS)OC1=O.CC(C)[C@@H]1NC(=O)[C@]2(C)CSC(=N2)c2csc(n2)CNC(=O)C[C@@H](/C=C/CCSSc2ccccn2)OC1=O.CCCCCCCC(=O)SCC/C=C/[C@@H]1CC(=O)NCc2nc(cs2)C2=N[C@@](C)(CS2)C(=O)N2CCC[C@H]2C(=O)O1. The lowest BCUT2D eigenvalue weighted by Gasteiger charge is -2.30. The Morgan fingerprint density at radius 3 is 1.53 bits per heavy atom. The zero-order valence-corrected chi connectivity index (χ0v) is 72.3. The zero-order chi connectivity index (χ0) is 80.4. The molecule has 9 atom stereocenters. The van der Waals surface area contributed by atoms with Gasteiger partial charge >= 0.3 is 17.9 Å². The molecule has 0 saturated carbocycles. The summed E-state index contributed by atoms with van der Waals surface area (Å²) in [6.07, 6.45) is 19.6. The maximum atomic E-state index is 13.6. The molecule has 0 aromatic carbocycles. The molecule has 7 aliphatic rings. The number of ether oxygens (including phenoxy) is 3. The van der Waals surface area contributed by atoms with Crippen molar-refractivity contribution in [3.63, 3.8) is 0 Å². The number of unbranched alkanes of at least 4 members (excludes halogenated alkanes) is 4. The first-order chi connectivity index (χ1) is 53.7. The molecule has 0 spiro atoms. The van der Waals surface area contributed by atoms with E-state index in [2.05, 4.69) is 76.1 Å². The van der Waals surface area contributed by atoms with E-state index in [1.165, 1.54) is 100 Å². The Balaban J connectivity index is 0.000000194. The van der Waals surface area contributed by atoms with E-state index in [4.69, 9.17) is 19.2 Å². The normalized spacial score (nSPS) is 25.5. The van der Waals surface area contributed by atoms with Gasteiger partial charge in [-0.2, -0.15) is 12.6 Å². The summed E-state index contributed by atoms with van der Waals surface area (Å²) in [6.45, 7) is 16.1. The van der Waals surface area contributed by atoms with E-state index >= 15 is 0 Å². The molecule has 0 unspecified atom stereocenters. The van der Waals surface area contributed by atoms with Gasteiger partial charge in [0, 0.05) is 64.1 Å². The number of hydrogen-bond donors (Lipinski definition) is 6. The first kappa shape index (κ1) is 89.6. The molecular formula is C76H99N13O13S10. The van der Waals surface area contributed by atoms with Crippen LogP contribution in [0.3, 0.4) is 0 Å². The number of aromatic nitrogens is 4. The van der Waals surface area contributed by atoms with E-state index < -0.39 is 71.0 Å². The Kier molecular flexibility index (Phi) is 35.3. The van der Waals surface area contributed by atoms with E-state index in [1.807, 2.05) is 87.2 Å². The highest BCUT2D eigenvalue weighted by atomic mass is 33.1. The van der Waals surface area contributed by atoms with Crippen molar-refractivity contribution in [2.24, 2.45) is 26.8 Å². The van der Waals surface area contributed by atoms with Gasteiger partial charge in [0.2, 0.25) is 29.5 Å². The third kappa shape index (κ3) is 26.8. The first-order valence-electron chi connectivity index (χ1n) is 37.6. The maximum Gasteiger partial charge on any atom is 0.329 e. The topological polar surface area (TPSA) is 350 Å². The molecule has 1 fully saturated rings. The van der Waals surface area contributed by atoms with Crippen LogP contribution in [-0.2, 0) is 81.8 Å². The van der Waals surface area contributed by atoms with Crippen LogP contribution in [0.4, 0.5) is 0 Å². The number of rotatable bonds is 21. The van der Waals surface area contributed by atoms with Crippen LogP contribution in [0.25, 0.3) is 0 Å². The number of allylic oxidation sites excluding steroid dienone is 3. The van der Waals surface area contributed by atoms with Gasteiger partial charge in [-0.25, -0.2) is 34.3 Å². The van der Waals surface area contributed by atoms with Crippen LogP contribution < -0.4 is 26.6 Å². The minimum absolute atomic E-state index is 0.0217. The van der Waals surface area contributed by atoms with Crippen molar-refractivity contribution in [1.29, 1.82) is 0 Å². The predicted molar refractivity (Wildman–Crippen MR) is 454 cm³/mol. The molecule has 36 heteroatoms. The highest BCUT2D eigenvalue weighted by molar-refractivity contribution is 8.76. The Hall–Kier alpha value is -6.38. The van der Waals surface area contributed by atoms with Gasteiger partial charge in [-0.3, -0.25) is 48.5 Å². The molecule has 26 nitrogen and oxygen atoms in total. The molecule has 12 bridgehead atoms. The van der Waals surface area contributed by atoms with Crippen LogP contribution in [0.2, 0.25) is 0 Å². The molecule has 5 N–H and O–H groups in total. The van der Waals surface area contributed by atoms with Gasteiger partial charge in [0.1, 0.15) is 105 Å². The third-order valence-electron chi connectivity index (χ3n) is 18.3. The maximum absolute atomic E-state index is 13.6. The Morgan fingerprint density at radius 1 is 0.607 bits per heavy atom. The minimum atomic E-state index is -1.02. The molecule has 112 heavy (non-hydrogen) atoms. The summed E-state index contributed by atoms with van der Waals surface area (Å²) in [7, 11) is 3.27. The fraction of sp³-hybridized carbons (Fsp3) is 0.566.